The summed E-state index contributed by atoms with van der Waals surface area (Å²) >= 11 is 1.29. The van der Waals surface area contributed by atoms with Crippen molar-refractivity contribution >= 4 is 38.2 Å². The smallest absolute Gasteiger partial charge is 0.264 e. The summed E-state index contributed by atoms with van der Waals surface area (Å²) in [6, 6.07) is 9.11. The molecule has 7 heteroatoms. The number of aromatic nitrogens is 1. The van der Waals surface area contributed by atoms with Gasteiger partial charge in [0.05, 0.1) is 23.0 Å². The number of aliphatic hydroxyl groups excluding tert-OH is 2. The predicted octanol–water partition coefficient (Wildman–Crippen LogP) is 1.17. The zero-order chi connectivity index (χ0) is 16.8. The zero-order valence-corrected chi connectivity index (χ0v) is 13.5. The number of thiophene rings is 1. The van der Waals surface area contributed by atoms with E-state index in [1.165, 1.54) is 16.2 Å². The Kier molecular flexibility index (Phi) is 3.64. The molecular weight excluding hydrogens is 328 g/mol. The van der Waals surface area contributed by atoms with E-state index in [0.29, 0.717) is 16.8 Å². The Morgan fingerprint density at radius 1 is 1.29 bits per heavy atom. The number of carbonyl (C=O) groups excluding carboxylic acids is 1. The molecule has 0 spiro atoms. The van der Waals surface area contributed by atoms with Gasteiger partial charge in [0.15, 0.2) is 0 Å². The van der Waals surface area contributed by atoms with E-state index in [0.717, 1.165) is 15.6 Å². The van der Waals surface area contributed by atoms with Gasteiger partial charge >= 0.3 is 0 Å². The van der Waals surface area contributed by atoms with E-state index in [9.17, 15) is 19.8 Å². The molecule has 6 nitrogen and oxygen atoms in total. The van der Waals surface area contributed by atoms with Crippen molar-refractivity contribution in [2.75, 3.05) is 19.7 Å². The number of nitrogens with zero attached hydrogens (tertiary/aromatic N) is 1. The van der Waals surface area contributed by atoms with Crippen molar-refractivity contribution in [3.8, 4) is 0 Å². The van der Waals surface area contributed by atoms with Crippen molar-refractivity contribution in [1.82, 2.24) is 9.88 Å². The maximum absolute atomic E-state index is 12.7. The molecular formula is C17H16N2O4S. The first-order valence-corrected chi connectivity index (χ1v) is 8.53. The SMILES string of the molecule is O=C(c1cc2c(=O)[nH]c3ccccc3c2s1)N1CC(O)C(CO)C1. The number of β-amino-alcohol motifs (C(OH)–C–C–N with tert-alkyl or cyclic N) is 1. The molecule has 1 aliphatic rings. The molecule has 3 N–H and O–H groups in total. The summed E-state index contributed by atoms with van der Waals surface area (Å²) in [5.41, 5.74) is 0.529. The van der Waals surface area contributed by atoms with Crippen LogP contribution in [0.3, 0.4) is 0 Å². The highest BCUT2D eigenvalue weighted by atomic mass is 32.1. The lowest BCUT2D eigenvalue weighted by Crippen LogP contribution is -2.29. The lowest BCUT2D eigenvalue weighted by Gasteiger charge is -2.14. The number of hydrogen-bond donors (Lipinski definition) is 3. The number of fused-ring (bicyclic) bond motifs is 3. The minimum atomic E-state index is -0.711. The third-order valence-corrected chi connectivity index (χ3v) is 5.69. The van der Waals surface area contributed by atoms with Crippen LogP contribution in [-0.2, 0) is 0 Å². The van der Waals surface area contributed by atoms with Crippen LogP contribution in [0.4, 0.5) is 0 Å². The molecule has 1 amide bonds. The van der Waals surface area contributed by atoms with Crippen LogP contribution in [0.15, 0.2) is 35.1 Å². The van der Waals surface area contributed by atoms with Gasteiger partial charge in [-0.3, -0.25) is 9.59 Å². The fourth-order valence-corrected chi connectivity index (χ4v) is 4.36. The molecule has 2 atom stereocenters. The van der Waals surface area contributed by atoms with E-state index in [1.54, 1.807) is 6.07 Å². The molecule has 1 fully saturated rings. The van der Waals surface area contributed by atoms with Gasteiger partial charge in [-0.15, -0.1) is 11.3 Å². The molecule has 0 bridgehead atoms. The number of aromatic amines is 1. The van der Waals surface area contributed by atoms with Gasteiger partial charge in [0.2, 0.25) is 0 Å². The average molecular weight is 344 g/mol. The minimum Gasteiger partial charge on any atom is -0.396 e. The van der Waals surface area contributed by atoms with E-state index in [-0.39, 0.29) is 30.5 Å². The standard InChI is InChI=1S/C17H16N2O4S/c20-8-9-6-19(7-13(9)21)17(23)14-5-11-15(24-14)10-3-1-2-4-12(10)18-16(11)22/h1-5,9,13,20-21H,6-8H2,(H,18,22). The first-order chi connectivity index (χ1) is 11.6. The number of pyridine rings is 1. The number of rotatable bonds is 2. The molecule has 3 heterocycles. The number of para-hydroxylation sites is 1. The Bertz CT molecular complexity index is 993. The molecule has 0 saturated carbocycles. The predicted molar refractivity (Wildman–Crippen MR) is 92.4 cm³/mol. The molecule has 1 saturated heterocycles. The summed E-state index contributed by atoms with van der Waals surface area (Å²) in [6.07, 6.45) is -0.711. The van der Waals surface area contributed by atoms with Crippen molar-refractivity contribution in [3.63, 3.8) is 0 Å². The van der Waals surface area contributed by atoms with Crippen LogP contribution in [0.5, 0.6) is 0 Å². The Balaban J connectivity index is 1.78. The molecule has 3 aromatic rings. The molecule has 0 aliphatic carbocycles. The van der Waals surface area contributed by atoms with Crippen LogP contribution in [0.25, 0.3) is 21.0 Å². The van der Waals surface area contributed by atoms with E-state index in [1.807, 2.05) is 24.3 Å². The van der Waals surface area contributed by atoms with Crippen molar-refractivity contribution in [3.05, 3.63) is 45.6 Å². The third kappa shape index (κ3) is 2.32. The van der Waals surface area contributed by atoms with E-state index in [2.05, 4.69) is 4.98 Å². The zero-order valence-electron chi connectivity index (χ0n) is 12.7. The number of H-pyrrole nitrogens is 1. The number of hydrogen-bond acceptors (Lipinski definition) is 5. The number of nitrogens with one attached hydrogen (secondary N) is 1. The van der Waals surface area contributed by atoms with Gasteiger partial charge in [0.25, 0.3) is 11.5 Å². The maximum Gasteiger partial charge on any atom is 0.264 e. The quantitative estimate of drug-likeness (QED) is 0.650. The first kappa shape index (κ1) is 15.3. The topological polar surface area (TPSA) is 93.6 Å². The van der Waals surface area contributed by atoms with Crippen molar-refractivity contribution < 1.29 is 15.0 Å². The summed E-state index contributed by atoms with van der Waals surface area (Å²) in [4.78, 5) is 29.8. The summed E-state index contributed by atoms with van der Waals surface area (Å²) < 4.78 is 0.788. The lowest BCUT2D eigenvalue weighted by molar-refractivity contribution is 0.0768. The summed E-state index contributed by atoms with van der Waals surface area (Å²) in [7, 11) is 0. The second-order valence-corrected chi connectivity index (χ2v) is 7.13. The highest BCUT2D eigenvalue weighted by molar-refractivity contribution is 7.21. The van der Waals surface area contributed by atoms with Crippen molar-refractivity contribution in [1.29, 1.82) is 0 Å². The average Bonchev–Trinajstić information content (AvgIpc) is 3.18. The van der Waals surface area contributed by atoms with Gasteiger partial charge in [0.1, 0.15) is 0 Å². The number of benzene rings is 1. The highest BCUT2D eigenvalue weighted by Gasteiger charge is 2.34. The monoisotopic (exact) mass is 344 g/mol. The maximum atomic E-state index is 12.7. The number of carbonyl (C=O) groups is 1. The van der Waals surface area contributed by atoms with E-state index < -0.39 is 6.10 Å². The summed E-state index contributed by atoms with van der Waals surface area (Å²) in [5.74, 6) is -0.526. The molecule has 1 aromatic carbocycles. The van der Waals surface area contributed by atoms with Crippen LogP contribution >= 0.6 is 11.3 Å². The van der Waals surface area contributed by atoms with E-state index in [4.69, 9.17) is 0 Å². The molecule has 0 radical (unpaired) electrons. The molecule has 2 aromatic heterocycles. The Morgan fingerprint density at radius 3 is 2.83 bits per heavy atom. The molecule has 124 valence electrons. The normalized spacial score (nSPS) is 21.0. The van der Waals surface area contributed by atoms with Crippen molar-refractivity contribution in [2.24, 2.45) is 5.92 Å². The number of likely N-dealkylation sites (tertiary alicyclic amines) is 1. The fraction of sp³-hybridized carbons (Fsp3) is 0.294. The van der Waals surface area contributed by atoms with Crippen LogP contribution < -0.4 is 5.56 Å². The van der Waals surface area contributed by atoms with Crippen LogP contribution in [0.2, 0.25) is 0 Å². The number of amides is 1. The van der Waals surface area contributed by atoms with Gasteiger partial charge in [-0.25, -0.2) is 0 Å². The summed E-state index contributed by atoms with van der Waals surface area (Å²) in [6.45, 7) is 0.374. The van der Waals surface area contributed by atoms with Crippen LogP contribution in [-0.4, -0.2) is 51.8 Å². The van der Waals surface area contributed by atoms with Gasteiger partial charge in [-0.1, -0.05) is 18.2 Å². The molecule has 4 rings (SSSR count). The molecule has 2 unspecified atom stereocenters. The summed E-state index contributed by atoms with van der Waals surface area (Å²) in [5, 5.41) is 20.5. The Labute approximate surface area is 141 Å². The fourth-order valence-electron chi connectivity index (χ4n) is 3.20. The van der Waals surface area contributed by atoms with Gasteiger partial charge in [-0.2, -0.15) is 0 Å². The second kappa shape index (κ2) is 5.70. The molecule has 1 aliphatic heterocycles. The Morgan fingerprint density at radius 2 is 2.08 bits per heavy atom. The van der Waals surface area contributed by atoms with Gasteiger partial charge < -0.3 is 20.1 Å². The van der Waals surface area contributed by atoms with Crippen LogP contribution in [0, 0.1) is 5.92 Å². The first-order valence-electron chi connectivity index (χ1n) is 7.71. The Hall–Kier alpha value is -2.22. The second-order valence-electron chi connectivity index (χ2n) is 6.07. The third-order valence-electron chi connectivity index (χ3n) is 4.54. The van der Waals surface area contributed by atoms with Crippen molar-refractivity contribution in [2.45, 2.75) is 6.10 Å². The lowest BCUT2D eigenvalue weighted by atomic mass is 10.1. The molecule has 24 heavy (non-hydrogen) atoms. The highest BCUT2D eigenvalue weighted by Crippen LogP contribution is 2.31. The van der Waals surface area contributed by atoms with Gasteiger partial charge in [-0.05, 0) is 12.1 Å². The minimum absolute atomic E-state index is 0.151. The largest absolute Gasteiger partial charge is 0.396 e. The van der Waals surface area contributed by atoms with Crippen LogP contribution in [0.1, 0.15) is 9.67 Å². The number of aliphatic hydroxyl groups is 2. The van der Waals surface area contributed by atoms with E-state index >= 15 is 0 Å². The van der Waals surface area contributed by atoms with Gasteiger partial charge in [0, 0.05) is 34.6 Å².